The normalized spacial score (nSPS) is 11.7. The second kappa shape index (κ2) is 6.43. The van der Waals surface area contributed by atoms with Gasteiger partial charge in [-0.1, -0.05) is 49.4 Å². The zero-order valence-corrected chi connectivity index (χ0v) is 9.59. The van der Waals surface area contributed by atoms with Gasteiger partial charge in [0.05, 0.1) is 0 Å². The Bertz CT molecular complexity index is 456. The van der Waals surface area contributed by atoms with E-state index in [0.29, 0.717) is 6.42 Å². The number of hydrogen-bond donors (Lipinski definition) is 1. The van der Waals surface area contributed by atoms with Gasteiger partial charge in [0.1, 0.15) is 5.57 Å². The summed E-state index contributed by atoms with van der Waals surface area (Å²) in [6.07, 6.45) is 4.83. The highest BCUT2D eigenvalue weighted by Gasteiger charge is 2.13. The second-order valence-electron chi connectivity index (χ2n) is 3.44. The molecule has 1 N–H and O–H groups in total. The van der Waals surface area contributed by atoms with E-state index in [-0.39, 0.29) is 5.57 Å². The van der Waals surface area contributed by atoms with Gasteiger partial charge in [0, 0.05) is 0 Å². The number of ketones is 1. The molecule has 0 atom stereocenters. The van der Waals surface area contributed by atoms with Gasteiger partial charge < -0.3 is 5.11 Å². The SMILES string of the molecule is CC/C=C(\C(=O)O)C(=O)/C=C/c1ccccc1. The molecule has 1 aromatic rings. The number of aliphatic carboxylic acids is 1. The van der Waals surface area contributed by atoms with Crippen molar-refractivity contribution in [1.29, 1.82) is 0 Å². The first-order chi connectivity index (χ1) is 8.15. The Hall–Kier alpha value is -2.16. The van der Waals surface area contributed by atoms with Crippen LogP contribution in [0.3, 0.4) is 0 Å². The number of hydrogen-bond acceptors (Lipinski definition) is 2. The molecule has 0 heterocycles. The zero-order chi connectivity index (χ0) is 12.7. The standard InChI is InChI=1S/C14H14O3/c1-2-6-12(14(16)17)13(15)10-9-11-7-4-3-5-8-11/h3-10H,2H2,1H3,(H,16,17)/b10-9+,12-6-. The molecule has 0 saturated carbocycles. The second-order valence-corrected chi connectivity index (χ2v) is 3.44. The Balaban J connectivity index is 2.81. The lowest BCUT2D eigenvalue weighted by Crippen LogP contribution is -2.09. The number of rotatable bonds is 5. The smallest absolute Gasteiger partial charge is 0.339 e. The molecule has 0 aliphatic carbocycles. The summed E-state index contributed by atoms with van der Waals surface area (Å²) in [6.45, 7) is 1.79. The maximum Gasteiger partial charge on any atom is 0.339 e. The number of carbonyl (C=O) groups excluding carboxylic acids is 1. The quantitative estimate of drug-likeness (QED) is 0.480. The topological polar surface area (TPSA) is 54.4 Å². The molecule has 0 fully saturated rings. The zero-order valence-electron chi connectivity index (χ0n) is 9.59. The van der Waals surface area contributed by atoms with Crippen molar-refractivity contribution in [1.82, 2.24) is 0 Å². The molecule has 0 spiro atoms. The summed E-state index contributed by atoms with van der Waals surface area (Å²) in [5, 5.41) is 8.85. The molecule has 3 nitrogen and oxygen atoms in total. The first kappa shape index (κ1) is 12.9. The highest BCUT2D eigenvalue weighted by molar-refractivity contribution is 6.22. The third-order valence-corrected chi connectivity index (χ3v) is 2.13. The van der Waals surface area contributed by atoms with E-state index in [2.05, 4.69) is 0 Å². The van der Waals surface area contributed by atoms with Crippen molar-refractivity contribution in [3.8, 4) is 0 Å². The molecule has 0 amide bonds. The Morgan fingerprint density at radius 3 is 2.41 bits per heavy atom. The fourth-order valence-electron chi connectivity index (χ4n) is 1.32. The van der Waals surface area contributed by atoms with E-state index in [9.17, 15) is 9.59 Å². The Morgan fingerprint density at radius 2 is 1.88 bits per heavy atom. The lowest BCUT2D eigenvalue weighted by atomic mass is 10.1. The summed E-state index contributed by atoms with van der Waals surface area (Å²) in [4.78, 5) is 22.4. The van der Waals surface area contributed by atoms with Crippen molar-refractivity contribution in [2.24, 2.45) is 0 Å². The van der Waals surface area contributed by atoms with Crippen LogP contribution in [0, 0.1) is 0 Å². The summed E-state index contributed by atoms with van der Waals surface area (Å²) < 4.78 is 0. The molecule has 0 aliphatic rings. The van der Waals surface area contributed by atoms with Crippen molar-refractivity contribution in [3.05, 3.63) is 53.6 Å². The van der Waals surface area contributed by atoms with Crippen LogP contribution >= 0.6 is 0 Å². The minimum absolute atomic E-state index is 0.181. The monoisotopic (exact) mass is 230 g/mol. The molecule has 0 radical (unpaired) electrons. The summed E-state index contributed by atoms with van der Waals surface area (Å²) in [7, 11) is 0. The predicted molar refractivity (Wildman–Crippen MR) is 66.5 cm³/mol. The predicted octanol–water partition coefficient (Wildman–Crippen LogP) is 2.69. The molecule has 0 unspecified atom stereocenters. The van der Waals surface area contributed by atoms with Gasteiger partial charge >= 0.3 is 5.97 Å². The maximum absolute atomic E-state index is 11.6. The van der Waals surface area contributed by atoms with E-state index in [1.165, 1.54) is 12.2 Å². The molecule has 0 aliphatic heterocycles. The van der Waals surface area contributed by atoms with Gasteiger partial charge in [-0.05, 0) is 18.1 Å². The van der Waals surface area contributed by atoms with Crippen molar-refractivity contribution in [3.63, 3.8) is 0 Å². The average molecular weight is 230 g/mol. The van der Waals surface area contributed by atoms with Gasteiger partial charge in [0.25, 0.3) is 0 Å². The molecule has 1 aromatic carbocycles. The van der Waals surface area contributed by atoms with Crippen LogP contribution < -0.4 is 0 Å². The number of carboxylic acid groups (broad SMARTS) is 1. The molecule has 1 rings (SSSR count). The molecule has 17 heavy (non-hydrogen) atoms. The molecule has 0 bridgehead atoms. The first-order valence-electron chi connectivity index (χ1n) is 5.36. The Morgan fingerprint density at radius 1 is 1.24 bits per heavy atom. The summed E-state index contributed by atoms with van der Waals surface area (Å²) >= 11 is 0. The molecule has 3 heteroatoms. The van der Waals surface area contributed by atoms with E-state index in [1.807, 2.05) is 30.3 Å². The van der Waals surface area contributed by atoms with Crippen molar-refractivity contribution < 1.29 is 14.7 Å². The van der Waals surface area contributed by atoms with Crippen molar-refractivity contribution >= 4 is 17.8 Å². The van der Waals surface area contributed by atoms with Crippen molar-refractivity contribution in [2.45, 2.75) is 13.3 Å². The van der Waals surface area contributed by atoms with E-state index >= 15 is 0 Å². The maximum atomic E-state index is 11.6. The average Bonchev–Trinajstić information content (AvgIpc) is 2.34. The van der Waals surface area contributed by atoms with E-state index in [4.69, 9.17) is 5.11 Å². The van der Waals surface area contributed by atoms with Gasteiger partial charge in [-0.15, -0.1) is 0 Å². The van der Waals surface area contributed by atoms with Crippen LogP contribution in [0.4, 0.5) is 0 Å². The number of benzene rings is 1. The van der Waals surface area contributed by atoms with Crippen LogP contribution in [0.5, 0.6) is 0 Å². The van der Waals surface area contributed by atoms with Gasteiger partial charge in [-0.25, -0.2) is 4.79 Å². The van der Waals surface area contributed by atoms with Crippen molar-refractivity contribution in [2.75, 3.05) is 0 Å². The highest BCUT2D eigenvalue weighted by atomic mass is 16.4. The van der Waals surface area contributed by atoms with Gasteiger partial charge in [0.15, 0.2) is 5.78 Å². The molecular weight excluding hydrogens is 216 g/mol. The summed E-state index contributed by atoms with van der Waals surface area (Å²) in [5.74, 6) is -1.67. The highest BCUT2D eigenvalue weighted by Crippen LogP contribution is 2.05. The Labute approximate surface area is 100 Å². The van der Waals surface area contributed by atoms with Crippen LogP contribution in [0.15, 0.2) is 48.1 Å². The summed E-state index contributed by atoms with van der Waals surface area (Å²) in [5.41, 5.74) is 0.682. The van der Waals surface area contributed by atoms with Gasteiger partial charge in [-0.3, -0.25) is 4.79 Å². The number of carbonyl (C=O) groups is 2. The van der Waals surface area contributed by atoms with Gasteiger partial charge in [0.2, 0.25) is 0 Å². The molecule has 0 aromatic heterocycles. The van der Waals surface area contributed by atoms with Crippen LogP contribution in [-0.4, -0.2) is 16.9 Å². The van der Waals surface area contributed by atoms with Gasteiger partial charge in [-0.2, -0.15) is 0 Å². The minimum atomic E-state index is -1.19. The largest absolute Gasteiger partial charge is 0.478 e. The number of carboxylic acids is 1. The Kier molecular flexibility index (Phi) is 4.88. The molecular formula is C14H14O3. The van der Waals surface area contributed by atoms with E-state index in [1.54, 1.807) is 13.0 Å². The third-order valence-electron chi connectivity index (χ3n) is 2.13. The van der Waals surface area contributed by atoms with Crippen LogP contribution in [0.1, 0.15) is 18.9 Å². The lowest BCUT2D eigenvalue weighted by Gasteiger charge is -1.96. The fraction of sp³-hybridized carbons (Fsp3) is 0.143. The third kappa shape index (κ3) is 4.07. The number of allylic oxidation sites excluding steroid dienone is 2. The fourth-order valence-corrected chi connectivity index (χ4v) is 1.32. The molecule has 0 saturated heterocycles. The lowest BCUT2D eigenvalue weighted by molar-refractivity contribution is -0.134. The minimum Gasteiger partial charge on any atom is -0.478 e. The first-order valence-corrected chi connectivity index (χ1v) is 5.36. The van der Waals surface area contributed by atoms with Crippen LogP contribution in [-0.2, 0) is 9.59 Å². The van der Waals surface area contributed by atoms with E-state index in [0.717, 1.165) is 5.56 Å². The summed E-state index contributed by atoms with van der Waals surface area (Å²) in [6, 6.07) is 9.26. The van der Waals surface area contributed by atoms with E-state index < -0.39 is 11.8 Å². The van der Waals surface area contributed by atoms with Crippen LogP contribution in [0.25, 0.3) is 6.08 Å². The van der Waals surface area contributed by atoms with Crippen LogP contribution in [0.2, 0.25) is 0 Å². The molecule has 88 valence electrons.